The summed E-state index contributed by atoms with van der Waals surface area (Å²) in [5.74, 6) is 0. The molecular formula is C14H10Cl2F3NS. The highest BCUT2D eigenvalue weighted by molar-refractivity contribution is 7.99. The van der Waals surface area contributed by atoms with Crippen molar-refractivity contribution in [2.45, 2.75) is 22.5 Å². The molecule has 0 atom stereocenters. The van der Waals surface area contributed by atoms with Gasteiger partial charge in [0, 0.05) is 16.3 Å². The van der Waals surface area contributed by atoms with E-state index in [1.54, 1.807) is 18.2 Å². The summed E-state index contributed by atoms with van der Waals surface area (Å²) < 4.78 is 39.3. The molecule has 0 bridgehead atoms. The zero-order chi connectivity index (χ0) is 15.6. The van der Waals surface area contributed by atoms with Crippen LogP contribution in [0, 0.1) is 0 Å². The van der Waals surface area contributed by atoms with Crippen molar-refractivity contribution in [2.75, 3.05) is 0 Å². The van der Waals surface area contributed by atoms with Crippen LogP contribution < -0.4 is 5.73 Å². The van der Waals surface area contributed by atoms with E-state index in [1.807, 2.05) is 0 Å². The fourth-order valence-electron chi connectivity index (χ4n) is 1.68. The van der Waals surface area contributed by atoms with Crippen molar-refractivity contribution in [3.63, 3.8) is 0 Å². The molecule has 0 radical (unpaired) electrons. The highest BCUT2D eigenvalue weighted by Gasteiger charge is 2.33. The predicted octanol–water partition coefficient (Wildman–Crippen LogP) is 5.62. The van der Waals surface area contributed by atoms with Gasteiger partial charge in [0.15, 0.2) is 0 Å². The molecule has 0 aliphatic heterocycles. The van der Waals surface area contributed by atoms with E-state index >= 15 is 0 Å². The summed E-state index contributed by atoms with van der Waals surface area (Å²) >= 11 is 12.6. The zero-order valence-corrected chi connectivity index (χ0v) is 12.9. The molecule has 0 fully saturated rings. The van der Waals surface area contributed by atoms with Crippen LogP contribution in [0.3, 0.4) is 0 Å². The molecule has 21 heavy (non-hydrogen) atoms. The Morgan fingerprint density at radius 3 is 2.29 bits per heavy atom. The van der Waals surface area contributed by atoms with Crippen molar-refractivity contribution in [2.24, 2.45) is 5.73 Å². The number of alkyl halides is 3. The van der Waals surface area contributed by atoms with Crippen molar-refractivity contribution < 1.29 is 13.2 Å². The molecular weight excluding hydrogens is 342 g/mol. The van der Waals surface area contributed by atoms with E-state index < -0.39 is 11.7 Å². The first-order chi connectivity index (χ1) is 9.81. The lowest BCUT2D eigenvalue weighted by atomic mass is 10.1. The Labute approximate surface area is 134 Å². The van der Waals surface area contributed by atoms with Crippen molar-refractivity contribution >= 4 is 35.0 Å². The highest BCUT2D eigenvalue weighted by atomic mass is 35.5. The summed E-state index contributed by atoms with van der Waals surface area (Å²) in [6.45, 7) is 0.0563. The number of hydrogen-bond acceptors (Lipinski definition) is 2. The maximum atomic E-state index is 13.1. The van der Waals surface area contributed by atoms with E-state index in [-0.39, 0.29) is 11.4 Å². The Kier molecular flexibility index (Phi) is 5.09. The lowest BCUT2D eigenvalue weighted by Crippen LogP contribution is -2.08. The number of rotatable bonds is 3. The molecule has 2 aromatic rings. The predicted molar refractivity (Wildman–Crippen MR) is 79.9 cm³/mol. The minimum Gasteiger partial charge on any atom is -0.326 e. The van der Waals surface area contributed by atoms with E-state index in [0.29, 0.717) is 20.5 Å². The quantitative estimate of drug-likeness (QED) is 0.776. The molecule has 0 heterocycles. The second-order valence-electron chi connectivity index (χ2n) is 4.21. The van der Waals surface area contributed by atoms with Gasteiger partial charge >= 0.3 is 6.18 Å². The van der Waals surface area contributed by atoms with Crippen molar-refractivity contribution in [1.82, 2.24) is 0 Å². The minimum atomic E-state index is -4.44. The maximum Gasteiger partial charge on any atom is 0.417 e. The third-order valence-corrected chi connectivity index (χ3v) is 4.51. The van der Waals surface area contributed by atoms with E-state index in [4.69, 9.17) is 28.9 Å². The first-order valence-electron chi connectivity index (χ1n) is 5.84. The average Bonchev–Trinajstić information content (AvgIpc) is 2.42. The molecule has 1 nitrogen and oxygen atoms in total. The summed E-state index contributed by atoms with van der Waals surface area (Å²) in [6.07, 6.45) is -4.44. The van der Waals surface area contributed by atoms with Crippen LogP contribution >= 0.6 is 35.0 Å². The Bertz CT molecular complexity index is 659. The second kappa shape index (κ2) is 6.48. The Morgan fingerprint density at radius 2 is 1.71 bits per heavy atom. The topological polar surface area (TPSA) is 26.0 Å². The van der Waals surface area contributed by atoms with Gasteiger partial charge in [-0.15, -0.1) is 0 Å². The Balaban J connectivity index is 2.41. The summed E-state index contributed by atoms with van der Waals surface area (Å²) in [5, 5.41) is 0.657. The maximum absolute atomic E-state index is 13.1. The van der Waals surface area contributed by atoms with Crippen LogP contribution in [0.15, 0.2) is 46.2 Å². The fourth-order valence-corrected chi connectivity index (χ4v) is 3.03. The van der Waals surface area contributed by atoms with Crippen LogP contribution in [-0.2, 0) is 12.7 Å². The molecule has 2 rings (SSSR count). The molecule has 2 N–H and O–H groups in total. The molecule has 0 aromatic heterocycles. The van der Waals surface area contributed by atoms with Gasteiger partial charge in [0.1, 0.15) is 0 Å². The summed E-state index contributed by atoms with van der Waals surface area (Å²) in [7, 11) is 0. The van der Waals surface area contributed by atoms with E-state index in [9.17, 15) is 13.2 Å². The molecule has 0 amide bonds. The van der Waals surface area contributed by atoms with E-state index in [2.05, 4.69) is 0 Å². The van der Waals surface area contributed by atoms with Gasteiger partial charge in [-0.05, 0) is 35.9 Å². The highest BCUT2D eigenvalue weighted by Crippen LogP contribution is 2.41. The number of halogens is 5. The molecule has 7 heteroatoms. The molecule has 0 aliphatic carbocycles. The third kappa shape index (κ3) is 4.07. The first kappa shape index (κ1) is 16.5. The van der Waals surface area contributed by atoms with Crippen LogP contribution in [-0.4, -0.2) is 0 Å². The van der Waals surface area contributed by atoms with Crippen LogP contribution in [0.1, 0.15) is 11.1 Å². The van der Waals surface area contributed by atoms with Crippen LogP contribution in [0.4, 0.5) is 13.2 Å². The Hall–Kier alpha value is -0.880. The number of benzene rings is 2. The van der Waals surface area contributed by atoms with Crippen molar-refractivity contribution in [3.05, 3.63) is 57.6 Å². The van der Waals surface area contributed by atoms with Gasteiger partial charge in [-0.2, -0.15) is 13.2 Å². The third-order valence-electron chi connectivity index (χ3n) is 2.70. The van der Waals surface area contributed by atoms with Gasteiger partial charge in [0.05, 0.1) is 15.6 Å². The largest absolute Gasteiger partial charge is 0.417 e. The molecule has 112 valence electrons. The average molecular weight is 352 g/mol. The van der Waals surface area contributed by atoms with E-state index in [1.165, 1.54) is 12.1 Å². The zero-order valence-electron chi connectivity index (χ0n) is 10.5. The molecule has 0 saturated heterocycles. The van der Waals surface area contributed by atoms with Gasteiger partial charge in [-0.3, -0.25) is 0 Å². The van der Waals surface area contributed by atoms with Gasteiger partial charge in [-0.1, -0.05) is 41.0 Å². The molecule has 0 saturated carbocycles. The van der Waals surface area contributed by atoms with Crippen molar-refractivity contribution in [1.29, 1.82) is 0 Å². The normalized spacial score (nSPS) is 11.7. The lowest BCUT2D eigenvalue weighted by molar-refractivity contribution is -0.139. The SMILES string of the molecule is NCc1ccc(Sc2ccc(Cl)c(Cl)c2)c(C(F)(F)F)c1. The monoisotopic (exact) mass is 351 g/mol. The summed E-state index contributed by atoms with van der Waals surface area (Å²) in [6, 6.07) is 8.77. The van der Waals surface area contributed by atoms with Crippen molar-refractivity contribution in [3.8, 4) is 0 Å². The van der Waals surface area contributed by atoms with Gasteiger partial charge in [0.2, 0.25) is 0 Å². The minimum absolute atomic E-state index is 0.0563. The number of nitrogens with two attached hydrogens (primary N) is 1. The van der Waals surface area contributed by atoms with Gasteiger partial charge < -0.3 is 5.73 Å². The fraction of sp³-hybridized carbons (Fsp3) is 0.143. The lowest BCUT2D eigenvalue weighted by Gasteiger charge is -2.14. The molecule has 0 aliphatic rings. The smallest absolute Gasteiger partial charge is 0.326 e. The molecule has 0 spiro atoms. The molecule has 2 aromatic carbocycles. The summed E-state index contributed by atoms with van der Waals surface area (Å²) in [4.78, 5) is 0.675. The van der Waals surface area contributed by atoms with Crippen LogP contribution in [0.25, 0.3) is 0 Å². The number of hydrogen-bond donors (Lipinski definition) is 1. The van der Waals surface area contributed by atoms with E-state index in [0.717, 1.165) is 17.8 Å². The molecule has 0 unspecified atom stereocenters. The van der Waals surface area contributed by atoms with Crippen LogP contribution in [0.5, 0.6) is 0 Å². The van der Waals surface area contributed by atoms with Gasteiger partial charge in [0.25, 0.3) is 0 Å². The van der Waals surface area contributed by atoms with Gasteiger partial charge in [-0.25, -0.2) is 0 Å². The second-order valence-corrected chi connectivity index (χ2v) is 6.14. The standard InChI is InChI=1S/C14H10Cl2F3NS/c15-11-3-2-9(6-12(11)16)21-13-4-1-8(7-20)5-10(13)14(17,18)19/h1-6H,7,20H2. The van der Waals surface area contributed by atoms with Crippen LogP contribution in [0.2, 0.25) is 10.0 Å². The first-order valence-corrected chi connectivity index (χ1v) is 7.41. The summed E-state index contributed by atoms with van der Waals surface area (Å²) in [5.41, 5.74) is 5.12. The Morgan fingerprint density at radius 1 is 1.00 bits per heavy atom.